The van der Waals surface area contributed by atoms with Gasteiger partial charge in [-0.2, -0.15) is 0 Å². The fraction of sp³-hybridized carbons (Fsp3) is 0.389. The summed E-state index contributed by atoms with van der Waals surface area (Å²) in [6.45, 7) is 7.49. The fourth-order valence-corrected chi connectivity index (χ4v) is 1.69. The van der Waals surface area contributed by atoms with Gasteiger partial charge in [0.15, 0.2) is 5.78 Å². The van der Waals surface area contributed by atoms with Gasteiger partial charge >= 0.3 is 5.97 Å². The minimum atomic E-state index is -0.603. The Hall–Kier alpha value is -2.47. The molecule has 24 heavy (non-hydrogen) atoms. The highest BCUT2D eigenvalue weighted by atomic mass is 16.5. The molecule has 0 heterocycles. The maximum Gasteiger partial charge on any atom is 0.354 e. The van der Waals surface area contributed by atoms with Crippen molar-refractivity contribution in [2.45, 2.75) is 27.7 Å². The van der Waals surface area contributed by atoms with Crippen LogP contribution in [-0.2, 0) is 14.3 Å². The molecule has 0 atom stereocenters. The van der Waals surface area contributed by atoms with E-state index in [-0.39, 0.29) is 24.6 Å². The number of hydrogen-bond donors (Lipinski definition) is 2. The summed E-state index contributed by atoms with van der Waals surface area (Å²) in [7, 11) is 0. The quantitative estimate of drug-likeness (QED) is 0.270. The van der Waals surface area contributed by atoms with Gasteiger partial charge in [0.25, 0.3) is 0 Å². The minimum absolute atomic E-state index is 0.00423. The topological polar surface area (TPSA) is 98.4 Å². The molecule has 0 aliphatic rings. The molecule has 4 N–H and O–H groups in total. The van der Waals surface area contributed by atoms with Crippen molar-refractivity contribution in [2.75, 3.05) is 13.2 Å². The van der Waals surface area contributed by atoms with E-state index < -0.39 is 11.4 Å². The van der Waals surface area contributed by atoms with Crippen molar-refractivity contribution >= 4 is 23.3 Å². The zero-order valence-corrected chi connectivity index (χ0v) is 14.7. The number of rotatable bonds is 6. The second kappa shape index (κ2) is 8.98. The molecule has 130 valence electrons. The summed E-state index contributed by atoms with van der Waals surface area (Å²) in [4.78, 5) is 28.1. The first-order valence-corrected chi connectivity index (χ1v) is 7.86. The number of aliphatic imine (C=N–C) groups is 1. The van der Waals surface area contributed by atoms with Gasteiger partial charge in [0.1, 0.15) is 17.9 Å². The van der Waals surface area contributed by atoms with Crippen LogP contribution in [-0.4, -0.2) is 30.7 Å². The molecule has 0 saturated carbocycles. The molecule has 0 amide bonds. The van der Waals surface area contributed by atoms with E-state index in [2.05, 4.69) is 4.99 Å². The first-order valence-electron chi connectivity index (χ1n) is 7.86. The standard InChI is InChI=1S/C18H25N3O3/c1-5-24-17(23)14(19)11-16(20-12-15(22)18(2,3)4)21-13-9-7-6-8-10-13/h6-11H,5,12,19H2,1-4H3,(H,20,21)/p+1. The molecule has 0 aliphatic carbocycles. The van der Waals surface area contributed by atoms with Crippen LogP contribution in [0.4, 0.5) is 5.69 Å². The monoisotopic (exact) mass is 332 g/mol. The Morgan fingerprint density at radius 3 is 2.42 bits per heavy atom. The average molecular weight is 332 g/mol. The normalized spacial score (nSPS) is 12.8. The fourth-order valence-electron chi connectivity index (χ4n) is 1.69. The van der Waals surface area contributed by atoms with Crippen molar-refractivity contribution in [3.8, 4) is 0 Å². The van der Waals surface area contributed by atoms with Crippen molar-refractivity contribution in [1.29, 1.82) is 0 Å². The zero-order valence-electron chi connectivity index (χ0n) is 14.7. The highest BCUT2D eigenvalue weighted by Crippen LogP contribution is 2.14. The molecule has 0 aliphatic heterocycles. The summed E-state index contributed by atoms with van der Waals surface area (Å²) in [6, 6.07) is 9.48. The lowest BCUT2D eigenvalue weighted by Crippen LogP contribution is -2.82. The van der Waals surface area contributed by atoms with Crippen molar-refractivity contribution in [2.24, 2.45) is 16.1 Å². The van der Waals surface area contributed by atoms with Crippen LogP contribution in [0.2, 0.25) is 0 Å². The molecule has 1 rings (SSSR count). The summed E-state index contributed by atoms with van der Waals surface area (Å²) in [5, 5.41) is 1.77. The maximum atomic E-state index is 12.1. The van der Waals surface area contributed by atoms with Crippen molar-refractivity contribution < 1.29 is 19.6 Å². The van der Waals surface area contributed by atoms with E-state index in [9.17, 15) is 9.59 Å². The molecule has 0 fully saturated rings. The van der Waals surface area contributed by atoms with Gasteiger partial charge in [-0.05, 0) is 19.1 Å². The van der Waals surface area contributed by atoms with E-state index in [0.717, 1.165) is 5.69 Å². The third-order valence-corrected chi connectivity index (χ3v) is 3.17. The highest BCUT2D eigenvalue weighted by Gasteiger charge is 2.21. The molecular weight excluding hydrogens is 306 g/mol. The summed E-state index contributed by atoms with van der Waals surface area (Å²) in [5.74, 6) is -0.150. The molecule has 0 radical (unpaired) electrons. The second-order valence-electron chi connectivity index (χ2n) is 6.29. The molecule has 1 aromatic rings. The first kappa shape index (κ1) is 19.6. The van der Waals surface area contributed by atoms with Crippen LogP contribution in [0.25, 0.3) is 0 Å². The number of nitrogens with zero attached hydrogens (tertiary/aromatic N) is 1. The van der Waals surface area contributed by atoms with Gasteiger partial charge in [-0.1, -0.05) is 39.0 Å². The van der Waals surface area contributed by atoms with Gasteiger partial charge in [0.05, 0.1) is 12.7 Å². The van der Waals surface area contributed by atoms with Crippen LogP contribution in [0.3, 0.4) is 0 Å². The minimum Gasteiger partial charge on any atom is -0.461 e. The van der Waals surface area contributed by atoms with Crippen LogP contribution in [0, 0.1) is 5.41 Å². The molecule has 0 aromatic heterocycles. The maximum absolute atomic E-state index is 12.1. The SMILES string of the molecule is CCOC(=O)C(N)=CC(=NCC(=O)C(C)(C)C)[NH2+]c1ccccc1. The second-order valence-corrected chi connectivity index (χ2v) is 6.29. The highest BCUT2D eigenvalue weighted by molar-refractivity contribution is 5.98. The Balaban J connectivity index is 3.00. The predicted octanol–water partition coefficient (Wildman–Crippen LogP) is 1.30. The van der Waals surface area contributed by atoms with Gasteiger partial charge in [-0.25, -0.2) is 9.79 Å². The molecule has 0 spiro atoms. The van der Waals surface area contributed by atoms with Crippen LogP contribution < -0.4 is 11.1 Å². The number of esters is 1. The number of para-hydroxylation sites is 1. The van der Waals surface area contributed by atoms with Crippen LogP contribution in [0.15, 0.2) is 47.1 Å². The van der Waals surface area contributed by atoms with Gasteiger partial charge in [0.2, 0.25) is 5.84 Å². The summed E-state index contributed by atoms with van der Waals surface area (Å²) < 4.78 is 4.87. The first-order chi connectivity index (χ1) is 11.2. The van der Waals surface area contributed by atoms with E-state index in [4.69, 9.17) is 10.5 Å². The number of carbonyl (C=O) groups excluding carboxylic acids is 2. The number of ether oxygens (including phenoxy) is 1. The van der Waals surface area contributed by atoms with E-state index in [1.165, 1.54) is 6.08 Å². The molecule has 0 bridgehead atoms. The Morgan fingerprint density at radius 2 is 1.88 bits per heavy atom. The molecule has 0 saturated heterocycles. The van der Waals surface area contributed by atoms with Crippen LogP contribution in [0.1, 0.15) is 27.7 Å². The number of ketones is 1. The number of Topliss-reactive ketones (excluding diaryl/α,β-unsaturated/α-hetero) is 1. The van der Waals surface area contributed by atoms with E-state index in [1.54, 1.807) is 12.2 Å². The lowest BCUT2D eigenvalue weighted by atomic mass is 9.91. The number of hydrogen-bond acceptors (Lipinski definition) is 5. The number of amidine groups is 1. The van der Waals surface area contributed by atoms with Gasteiger partial charge < -0.3 is 10.5 Å². The predicted molar refractivity (Wildman–Crippen MR) is 93.7 cm³/mol. The zero-order chi connectivity index (χ0) is 18.2. The molecular formula is C18H26N3O3+. The van der Waals surface area contributed by atoms with Gasteiger partial charge in [0, 0.05) is 5.41 Å². The van der Waals surface area contributed by atoms with Gasteiger partial charge in [-0.15, -0.1) is 0 Å². The Morgan fingerprint density at radius 1 is 1.25 bits per heavy atom. The molecule has 0 unspecified atom stereocenters. The summed E-state index contributed by atoms with van der Waals surface area (Å²) in [5.41, 5.74) is 6.12. The molecule has 6 heteroatoms. The number of quaternary nitrogens is 1. The van der Waals surface area contributed by atoms with Crippen LogP contribution in [0.5, 0.6) is 0 Å². The van der Waals surface area contributed by atoms with Crippen molar-refractivity contribution in [3.63, 3.8) is 0 Å². The van der Waals surface area contributed by atoms with E-state index in [0.29, 0.717) is 5.84 Å². The lowest BCUT2D eigenvalue weighted by Gasteiger charge is -2.14. The van der Waals surface area contributed by atoms with E-state index >= 15 is 0 Å². The molecule has 1 aromatic carbocycles. The summed E-state index contributed by atoms with van der Waals surface area (Å²) in [6.07, 6.45) is 1.43. The Labute approximate surface area is 142 Å². The third-order valence-electron chi connectivity index (χ3n) is 3.17. The van der Waals surface area contributed by atoms with Crippen LogP contribution >= 0.6 is 0 Å². The van der Waals surface area contributed by atoms with Crippen molar-refractivity contribution in [1.82, 2.24) is 0 Å². The number of nitrogens with two attached hydrogens (primary N) is 2. The lowest BCUT2D eigenvalue weighted by molar-refractivity contribution is -0.442. The summed E-state index contributed by atoms with van der Waals surface area (Å²) >= 11 is 0. The Bertz CT molecular complexity index is 629. The third kappa shape index (κ3) is 6.75. The largest absolute Gasteiger partial charge is 0.461 e. The Kier molecular flexibility index (Phi) is 7.32. The molecule has 6 nitrogen and oxygen atoms in total. The number of benzene rings is 1. The van der Waals surface area contributed by atoms with E-state index in [1.807, 2.05) is 51.1 Å². The smallest absolute Gasteiger partial charge is 0.354 e. The van der Waals surface area contributed by atoms with Gasteiger partial charge in [-0.3, -0.25) is 10.1 Å². The van der Waals surface area contributed by atoms with Crippen molar-refractivity contribution in [3.05, 3.63) is 42.1 Å². The average Bonchev–Trinajstić information content (AvgIpc) is 2.52. The number of carbonyl (C=O) groups is 2.